The van der Waals surface area contributed by atoms with Crippen LogP contribution in [0.25, 0.3) is 5.69 Å². The molecule has 0 saturated carbocycles. The van der Waals surface area contributed by atoms with Crippen molar-refractivity contribution in [1.29, 1.82) is 0 Å². The first-order valence-electron chi connectivity index (χ1n) is 7.08. The summed E-state index contributed by atoms with van der Waals surface area (Å²) in [5.41, 5.74) is 2.48. The number of nitrogens with zero attached hydrogens (tertiary/aromatic N) is 4. The summed E-state index contributed by atoms with van der Waals surface area (Å²) >= 11 is 1.54. The van der Waals surface area contributed by atoms with Gasteiger partial charge in [0.1, 0.15) is 5.01 Å². The van der Waals surface area contributed by atoms with Crippen molar-refractivity contribution in [3.8, 4) is 5.69 Å². The standard InChI is InChI=1S/C15H16N6OS/c1-10-9-23-14(18-10)11(2)19-15(22)20-12-3-5-13(6-4-12)21-16-7-8-17-21/h3-9,11H,1-2H3,(H2,19,20,22)/t11-/m1/s1. The molecule has 2 heterocycles. The van der Waals surface area contributed by atoms with Gasteiger partial charge in [0.15, 0.2) is 0 Å². The van der Waals surface area contributed by atoms with E-state index in [1.165, 1.54) is 16.1 Å². The van der Waals surface area contributed by atoms with E-state index in [1.54, 1.807) is 24.5 Å². The number of anilines is 1. The first-order chi connectivity index (χ1) is 11.1. The van der Waals surface area contributed by atoms with Crippen LogP contribution < -0.4 is 10.6 Å². The molecular weight excluding hydrogens is 312 g/mol. The van der Waals surface area contributed by atoms with Crippen LogP contribution in [0.5, 0.6) is 0 Å². The molecule has 8 heteroatoms. The van der Waals surface area contributed by atoms with Gasteiger partial charge in [0.05, 0.1) is 24.1 Å². The lowest BCUT2D eigenvalue weighted by molar-refractivity contribution is 0.249. The lowest BCUT2D eigenvalue weighted by atomic mass is 10.3. The molecule has 0 unspecified atom stereocenters. The van der Waals surface area contributed by atoms with Crippen molar-refractivity contribution < 1.29 is 4.79 Å². The molecule has 0 aliphatic carbocycles. The largest absolute Gasteiger partial charge is 0.329 e. The second kappa shape index (κ2) is 6.57. The Balaban J connectivity index is 1.59. The molecular formula is C15H16N6OS. The fourth-order valence-corrected chi connectivity index (χ4v) is 2.83. The molecule has 0 radical (unpaired) electrons. The van der Waals surface area contributed by atoms with Gasteiger partial charge in [-0.15, -0.1) is 11.3 Å². The minimum absolute atomic E-state index is 0.138. The lowest BCUT2D eigenvalue weighted by Crippen LogP contribution is -2.31. The highest BCUT2D eigenvalue weighted by molar-refractivity contribution is 7.09. The maximum absolute atomic E-state index is 12.0. The van der Waals surface area contributed by atoms with Gasteiger partial charge < -0.3 is 10.6 Å². The van der Waals surface area contributed by atoms with Crippen LogP contribution in [0, 0.1) is 6.92 Å². The molecule has 23 heavy (non-hydrogen) atoms. The van der Waals surface area contributed by atoms with E-state index >= 15 is 0 Å². The second-order valence-corrected chi connectivity index (χ2v) is 5.90. The average Bonchev–Trinajstić information content (AvgIpc) is 3.19. The summed E-state index contributed by atoms with van der Waals surface area (Å²) in [4.78, 5) is 17.9. The Hall–Kier alpha value is -2.74. The average molecular weight is 328 g/mol. The number of aromatic nitrogens is 4. The number of amides is 2. The maximum Gasteiger partial charge on any atom is 0.319 e. The predicted molar refractivity (Wildman–Crippen MR) is 88.8 cm³/mol. The lowest BCUT2D eigenvalue weighted by Gasteiger charge is -2.12. The quantitative estimate of drug-likeness (QED) is 0.771. The van der Waals surface area contributed by atoms with Crippen LogP contribution in [0.2, 0.25) is 0 Å². The summed E-state index contributed by atoms with van der Waals surface area (Å²) < 4.78 is 0. The van der Waals surface area contributed by atoms with Crippen LogP contribution in [-0.2, 0) is 0 Å². The number of nitrogens with one attached hydrogen (secondary N) is 2. The van der Waals surface area contributed by atoms with E-state index in [1.807, 2.05) is 31.4 Å². The molecule has 0 aliphatic heterocycles. The highest BCUT2D eigenvalue weighted by Gasteiger charge is 2.12. The molecule has 2 aromatic heterocycles. The third-order valence-electron chi connectivity index (χ3n) is 3.13. The fraction of sp³-hybridized carbons (Fsp3) is 0.200. The van der Waals surface area contributed by atoms with Gasteiger partial charge in [-0.25, -0.2) is 9.78 Å². The zero-order valence-electron chi connectivity index (χ0n) is 12.7. The van der Waals surface area contributed by atoms with Gasteiger partial charge in [-0.3, -0.25) is 0 Å². The topological polar surface area (TPSA) is 84.7 Å². The zero-order chi connectivity index (χ0) is 16.2. The van der Waals surface area contributed by atoms with Crippen LogP contribution in [0.3, 0.4) is 0 Å². The number of thiazole rings is 1. The van der Waals surface area contributed by atoms with Crippen molar-refractivity contribution in [1.82, 2.24) is 25.3 Å². The Morgan fingerprint density at radius 2 is 1.91 bits per heavy atom. The van der Waals surface area contributed by atoms with Crippen LogP contribution in [-0.4, -0.2) is 26.0 Å². The van der Waals surface area contributed by atoms with Crippen LogP contribution >= 0.6 is 11.3 Å². The molecule has 1 atom stereocenters. The van der Waals surface area contributed by atoms with Gasteiger partial charge in [-0.05, 0) is 38.1 Å². The van der Waals surface area contributed by atoms with Gasteiger partial charge in [0.2, 0.25) is 0 Å². The third kappa shape index (κ3) is 3.72. The summed E-state index contributed by atoms with van der Waals surface area (Å²) in [6.45, 7) is 3.84. The number of carbonyl (C=O) groups is 1. The highest BCUT2D eigenvalue weighted by atomic mass is 32.1. The van der Waals surface area contributed by atoms with Crippen molar-refractivity contribution in [2.75, 3.05) is 5.32 Å². The highest BCUT2D eigenvalue weighted by Crippen LogP contribution is 2.18. The molecule has 118 valence electrons. The Morgan fingerprint density at radius 3 is 2.52 bits per heavy atom. The summed E-state index contributed by atoms with van der Waals surface area (Å²) in [5, 5.41) is 16.6. The molecule has 0 aliphatic rings. The number of urea groups is 1. The molecule has 2 N–H and O–H groups in total. The number of rotatable bonds is 4. The van der Waals surface area contributed by atoms with Crippen molar-refractivity contribution in [3.63, 3.8) is 0 Å². The second-order valence-electron chi connectivity index (χ2n) is 5.01. The molecule has 7 nitrogen and oxygen atoms in total. The van der Waals surface area contributed by atoms with E-state index in [9.17, 15) is 4.79 Å². The summed E-state index contributed by atoms with van der Waals surface area (Å²) in [5.74, 6) is 0. The van der Waals surface area contributed by atoms with Crippen LogP contribution in [0.15, 0.2) is 42.0 Å². The third-order valence-corrected chi connectivity index (χ3v) is 4.27. The minimum Gasteiger partial charge on any atom is -0.329 e. The van der Waals surface area contributed by atoms with Crippen molar-refractivity contribution in [3.05, 3.63) is 52.7 Å². The number of aryl methyl sites for hydroxylation is 1. The molecule has 0 bridgehead atoms. The van der Waals surface area contributed by atoms with Gasteiger partial charge in [-0.2, -0.15) is 15.0 Å². The van der Waals surface area contributed by atoms with E-state index in [0.717, 1.165) is 16.4 Å². The van der Waals surface area contributed by atoms with E-state index in [4.69, 9.17) is 0 Å². The number of hydrogen-bond acceptors (Lipinski definition) is 5. The maximum atomic E-state index is 12.0. The minimum atomic E-state index is -0.268. The summed E-state index contributed by atoms with van der Waals surface area (Å²) in [6.07, 6.45) is 3.22. The smallest absolute Gasteiger partial charge is 0.319 e. The SMILES string of the molecule is Cc1csc([C@@H](C)NC(=O)Nc2ccc(-n3nccn3)cc2)n1. The van der Waals surface area contributed by atoms with E-state index in [0.29, 0.717) is 5.69 Å². The Labute approximate surface area is 137 Å². The molecule has 1 aromatic carbocycles. The van der Waals surface area contributed by atoms with Crippen molar-refractivity contribution >= 4 is 23.1 Å². The van der Waals surface area contributed by atoms with Crippen molar-refractivity contribution in [2.45, 2.75) is 19.9 Å². The molecule has 3 aromatic rings. The van der Waals surface area contributed by atoms with Crippen LogP contribution in [0.1, 0.15) is 23.7 Å². The number of benzene rings is 1. The summed E-state index contributed by atoms with van der Waals surface area (Å²) in [6, 6.07) is 6.87. The van der Waals surface area contributed by atoms with Gasteiger partial charge in [0.25, 0.3) is 0 Å². The van der Waals surface area contributed by atoms with Crippen molar-refractivity contribution in [2.24, 2.45) is 0 Å². The first kappa shape index (κ1) is 15.2. The zero-order valence-corrected chi connectivity index (χ0v) is 13.5. The van der Waals surface area contributed by atoms with E-state index in [2.05, 4.69) is 25.8 Å². The van der Waals surface area contributed by atoms with Gasteiger partial charge in [0, 0.05) is 16.8 Å². The molecule has 0 spiro atoms. The Morgan fingerprint density at radius 1 is 1.22 bits per heavy atom. The van der Waals surface area contributed by atoms with E-state index < -0.39 is 0 Å². The Kier molecular flexibility index (Phi) is 4.33. The normalized spacial score (nSPS) is 11.9. The number of hydrogen-bond donors (Lipinski definition) is 2. The predicted octanol–water partition coefficient (Wildman–Crippen LogP) is 2.91. The molecule has 0 fully saturated rings. The van der Waals surface area contributed by atoms with E-state index in [-0.39, 0.29) is 12.1 Å². The molecule has 3 rings (SSSR count). The van der Waals surface area contributed by atoms with Crippen LogP contribution in [0.4, 0.5) is 10.5 Å². The molecule has 0 saturated heterocycles. The van der Waals surface area contributed by atoms with Gasteiger partial charge in [-0.1, -0.05) is 0 Å². The monoisotopic (exact) mass is 328 g/mol. The number of carbonyl (C=O) groups excluding carboxylic acids is 1. The molecule has 2 amide bonds. The Bertz CT molecular complexity index is 781. The fourth-order valence-electron chi connectivity index (χ4n) is 2.02. The van der Waals surface area contributed by atoms with Gasteiger partial charge >= 0.3 is 6.03 Å². The summed E-state index contributed by atoms with van der Waals surface area (Å²) in [7, 11) is 0. The first-order valence-corrected chi connectivity index (χ1v) is 7.96.